The molecular weight excluding hydrogens is 264 g/mol. The first kappa shape index (κ1) is 16.0. The Kier molecular flexibility index (Phi) is 5.01. The summed E-state index contributed by atoms with van der Waals surface area (Å²) in [6, 6.07) is 7.38. The lowest BCUT2D eigenvalue weighted by Crippen LogP contribution is -2.45. The van der Waals surface area contributed by atoms with E-state index in [1.807, 2.05) is 24.3 Å². The van der Waals surface area contributed by atoms with Crippen LogP contribution in [0.25, 0.3) is 0 Å². The molecule has 1 aromatic rings. The quantitative estimate of drug-likeness (QED) is 0.798. The van der Waals surface area contributed by atoms with E-state index >= 15 is 0 Å². The van der Waals surface area contributed by atoms with Gasteiger partial charge >= 0.3 is 0 Å². The number of benzene rings is 1. The lowest BCUT2D eigenvalue weighted by Gasteiger charge is -2.37. The first-order valence-corrected chi connectivity index (χ1v) is 7.77. The summed E-state index contributed by atoms with van der Waals surface area (Å²) in [5.41, 5.74) is 6.89. The van der Waals surface area contributed by atoms with Crippen molar-refractivity contribution >= 4 is 11.6 Å². The van der Waals surface area contributed by atoms with Gasteiger partial charge in [-0.2, -0.15) is 0 Å². The van der Waals surface area contributed by atoms with Gasteiger partial charge in [-0.1, -0.05) is 25.1 Å². The van der Waals surface area contributed by atoms with Crippen LogP contribution in [0.1, 0.15) is 51.2 Å². The van der Waals surface area contributed by atoms with E-state index in [-0.39, 0.29) is 5.91 Å². The number of hydrogen-bond acceptors (Lipinski definition) is 3. The Hall–Kier alpha value is -1.39. The summed E-state index contributed by atoms with van der Waals surface area (Å²) in [7, 11) is 0. The van der Waals surface area contributed by atoms with Gasteiger partial charge in [-0.25, -0.2) is 0 Å². The highest BCUT2D eigenvalue weighted by Gasteiger charge is 2.40. The number of carbonyl (C=O) groups excluding carboxylic acids is 1. The van der Waals surface area contributed by atoms with E-state index < -0.39 is 11.5 Å². The predicted molar refractivity (Wildman–Crippen MR) is 84.8 cm³/mol. The maximum Gasteiger partial charge on any atom is 0.231 e. The molecule has 1 amide bonds. The molecule has 0 aromatic heterocycles. The van der Waals surface area contributed by atoms with Crippen LogP contribution in [0.4, 0.5) is 5.69 Å². The third kappa shape index (κ3) is 3.44. The van der Waals surface area contributed by atoms with Gasteiger partial charge in [-0.05, 0) is 44.6 Å². The van der Waals surface area contributed by atoms with Crippen LogP contribution in [0.15, 0.2) is 24.3 Å². The van der Waals surface area contributed by atoms with E-state index in [4.69, 9.17) is 5.73 Å². The molecule has 1 aromatic carbocycles. The molecule has 0 heterocycles. The average molecular weight is 290 g/mol. The fourth-order valence-corrected chi connectivity index (χ4v) is 3.07. The van der Waals surface area contributed by atoms with Crippen LogP contribution >= 0.6 is 0 Å². The largest absolute Gasteiger partial charge is 0.389 e. The first-order chi connectivity index (χ1) is 9.98. The Bertz CT molecular complexity index is 491. The second kappa shape index (κ2) is 6.58. The lowest BCUT2D eigenvalue weighted by molar-refractivity contribution is -0.127. The highest BCUT2D eigenvalue weighted by atomic mass is 16.3. The normalized spacial score (nSPS) is 27.1. The van der Waals surface area contributed by atoms with Crippen molar-refractivity contribution in [3.63, 3.8) is 0 Å². The Morgan fingerprint density at radius 1 is 1.43 bits per heavy atom. The number of aliphatic hydroxyl groups excluding tert-OH is 1. The fourth-order valence-electron chi connectivity index (χ4n) is 3.07. The molecule has 2 rings (SSSR count). The van der Waals surface area contributed by atoms with E-state index in [1.165, 1.54) is 0 Å². The van der Waals surface area contributed by atoms with E-state index in [0.29, 0.717) is 18.2 Å². The molecule has 0 saturated heterocycles. The van der Waals surface area contributed by atoms with Crippen molar-refractivity contribution in [3.8, 4) is 0 Å². The van der Waals surface area contributed by atoms with Gasteiger partial charge in [0.15, 0.2) is 0 Å². The number of amides is 1. The SMILES string of the molecule is CC1CCC(CN)(C(=O)Nc2ccccc2C(C)O)CC1. The van der Waals surface area contributed by atoms with Gasteiger partial charge in [0.05, 0.1) is 11.5 Å². The van der Waals surface area contributed by atoms with Crippen molar-refractivity contribution in [2.45, 2.75) is 45.6 Å². The molecule has 1 aliphatic carbocycles. The summed E-state index contributed by atoms with van der Waals surface area (Å²) in [5, 5.41) is 12.8. The summed E-state index contributed by atoms with van der Waals surface area (Å²) in [6.07, 6.45) is 3.16. The number of anilines is 1. The smallest absolute Gasteiger partial charge is 0.231 e. The molecule has 21 heavy (non-hydrogen) atoms. The molecule has 0 bridgehead atoms. The Labute approximate surface area is 126 Å². The molecule has 4 heteroatoms. The highest BCUT2D eigenvalue weighted by molar-refractivity contribution is 5.96. The summed E-state index contributed by atoms with van der Waals surface area (Å²) in [6.45, 7) is 4.30. The summed E-state index contributed by atoms with van der Waals surface area (Å²) in [4.78, 5) is 12.7. The third-order valence-electron chi connectivity index (χ3n) is 4.76. The molecule has 0 radical (unpaired) electrons. The second-order valence-corrected chi connectivity index (χ2v) is 6.38. The van der Waals surface area contributed by atoms with Gasteiger partial charge in [0, 0.05) is 17.8 Å². The van der Waals surface area contributed by atoms with Crippen LogP contribution < -0.4 is 11.1 Å². The molecule has 4 nitrogen and oxygen atoms in total. The Morgan fingerprint density at radius 3 is 2.62 bits per heavy atom. The molecule has 1 fully saturated rings. The van der Waals surface area contributed by atoms with Crippen molar-refractivity contribution in [1.82, 2.24) is 0 Å². The van der Waals surface area contributed by atoms with Crippen molar-refractivity contribution in [1.29, 1.82) is 0 Å². The number of para-hydroxylation sites is 1. The van der Waals surface area contributed by atoms with E-state index in [2.05, 4.69) is 12.2 Å². The zero-order valence-corrected chi connectivity index (χ0v) is 12.9. The maximum absolute atomic E-state index is 12.7. The maximum atomic E-state index is 12.7. The topological polar surface area (TPSA) is 75.4 Å². The molecule has 116 valence electrons. The minimum atomic E-state index is -0.610. The van der Waals surface area contributed by atoms with Crippen LogP contribution in [0.5, 0.6) is 0 Å². The van der Waals surface area contributed by atoms with Crippen molar-refractivity contribution in [2.24, 2.45) is 17.1 Å². The molecule has 1 saturated carbocycles. The van der Waals surface area contributed by atoms with Gasteiger partial charge in [0.1, 0.15) is 0 Å². The zero-order chi connectivity index (χ0) is 15.5. The van der Waals surface area contributed by atoms with Crippen LogP contribution in [-0.2, 0) is 4.79 Å². The summed E-state index contributed by atoms with van der Waals surface area (Å²) >= 11 is 0. The van der Waals surface area contributed by atoms with Crippen molar-refractivity contribution in [3.05, 3.63) is 29.8 Å². The van der Waals surface area contributed by atoms with Gasteiger partial charge in [0.25, 0.3) is 0 Å². The summed E-state index contributed by atoms with van der Waals surface area (Å²) in [5.74, 6) is 0.659. The van der Waals surface area contributed by atoms with Crippen LogP contribution in [0.3, 0.4) is 0 Å². The minimum Gasteiger partial charge on any atom is -0.389 e. The lowest BCUT2D eigenvalue weighted by atomic mass is 9.70. The van der Waals surface area contributed by atoms with Gasteiger partial charge < -0.3 is 16.2 Å². The molecule has 1 unspecified atom stereocenters. The van der Waals surface area contributed by atoms with E-state index in [9.17, 15) is 9.90 Å². The number of hydrogen-bond donors (Lipinski definition) is 3. The fraction of sp³-hybridized carbons (Fsp3) is 0.588. The third-order valence-corrected chi connectivity index (χ3v) is 4.76. The number of nitrogens with two attached hydrogens (primary N) is 1. The minimum absolute atomic E-state index is 0.00926. The van der Waals surface area contributed by atoms with Crippen LogP contribution in [0, 0.1) is 11.3 Å². The average Bonchev–Trinajstić information content (AvgIpc) is 2.48. The predicted octanol–water partition coefficient (Wildman–Crippen LogP) is 2.83. The Balaban J connectivity index is 2.17. The Morgan fingerprint density at radius 2 is 2.05 bits per heavy atom. The van der Waals surface area contributed by atoms with Gasteiger partial charge in [-0.15, -0.1) is 0 Å². The summed E-state index contributed by atoms with van der Waals surface area (Å²) < 4.78 is 0. The first-order valence-electron chi connectivity index (χ1n) is 7.77. The number of aliphatic hydroxyl groups is 1. The molecule has 1 atom stereocenters. The van der Waals surface area contributed by atoms with Gasteiger partial charge in [0.2, 0.25) is 5.91 Å². The standard InChI is InChI=1S/C17H26N2O2/c1-12-7-9-17(11-18,10-8-12)16(21)19-15-6-4-3-5-14(15)13(2)20/h3-6,12-13,20H,7-11,18H2,1-2H3,(H,19,21). The monoisotopic (exact) mass is 290 g/mol. The van der Waals surface area contributed by atoms with Crippen LogP contribution in [0.2, 0.25) is 0 Å². The molecular formula is C17H26N2O2. The highest BCUT2D eigenvalue weighted by Crippen LogP contribution is 2.39. The number of carbonyl (C=O) groups is 1. The number of rotatable bonds is 4. The molecule has 0 aliphatic heterocycles. The zero-order valence-electron chi connectivity index (χ0n) is 12.9. The van der Waals surface area contributed by atoms with Crippen LogP contribution in [-0.4, -0.2) is 17.6 Å². The van der Waals surface area contributed by atoms with Crippen molar-refractivity contribution in [2.75, 3.05) is 11.9 Å². The molecule has 1 aliphatic rings. The van der Waals surface area contributed by atoms with E-state index in [0.717, 1.165) is 31.2 Å². The van der Waals surface area contributed by atoms with E-state index in [1.54, 1.807) is 6.92 Å². The molecule has 4 N–H and O–H groups in total. The van der Waals surface area contributed by atoms with Crippen molar-refractivity contribution < 1.29 is 9.90 Å². The van der Waals surface area contributed by atoms with Gasteiger partial charge in [-0.3, -0.25) is 4.79 Å². The number of nitrogens with one attached hydrogen (secondary N) is 1. The second-order valence-electron chi connectivity index (χ2n) is 6.38. The molecule has 0 spiro atoms.